The van der Waals surface area contributed by atoms with E-state index in [1.807, 2.05) is 0 Å². The van der Waals surface area contributed by atoms with Crippen LogP contribution in [-0.4, -0.2) is 0 Å². The van der Waals surface area contributed by atoms with Crippen LogP contribution < -0.4 is 0 Å². The van der Waals surface area contributed by atoms with Gasteiger partial charge in [-0.2, -0.15) is 0 Å². The predicted octanol–water partition coefficient (Wildman–Crippen LogP) is 4.02. The summed E-state index contributed by atoms with van der Waals surface area (Å²) in [5.74, 6) is 1.62. The molecule has 0 saturated heterocycles. The smallest absolute Gasteiger partial charge is 0.00882 e. The lowest BCUT2D eigenvalue weighted by Gasteiger charge is -2.49. The van der Waals surface area contributed by atoms with Gasteiger partial charge in [-0.05, 0) is 37.0 Å². The summed E-state index contributed by atoms with van der Waals surface area (Å²) in [7, 11) is 0. The van der Waals surface area contributed by atoms with Gasteiger partial charge in [0.1, 0.15) is 0 Å². The van der Waals surface area contributed by atoms with E-state index in [0.717, 1.165) is 11.8 Å². The van der Waals surface area contributed by atoms with Crippen LogP contribution in [0.5, 0.6) is 0 Å². The molecule has 0 amide bonds. The van der Waals surface area contributed by atoms with Gasteiger partial charge in [-0.15, -0.1) is 0 Å². The highest BCUT2D eigenvalue weighted by Gasteiger charge is 2.42. The molecule has 0 aromatic rings. The number of hydrogen-bond donors (Lipinski definition) is 0. The Morgan fingerprint density at radius 2 is 2.08 bits per heavy atom. The lowest BCUT2D eigenvalue weighted by molar-refractivity contribution is 0.0986. The molecule has 1 aliphatic rings. The highest BCUT2D eigenvalue weighted by Crippen LogP contribution is 2.53. The summed E-state index contributed by atoms with van der Waals surface area (Å²) in [5, 5.41) is 0. The average Bonchev–Trinajstić information content (AvgIpc) is 2.02. The van der Waals surface area contributed by atoms with Gasteiger partial charge >= 0.3 is 0 Å². The number of allylic oxidation sites excluding steroid dienone is 2. The van der Waals surface area contributed by atoms with Crippen molar-refractivity contribution < 1.29 is 0 Å². The van der Waals surface area contributed by atoms with Crippen molar-refractivity contribution in [2.45, 2.75) is 47.5 Å². The zero-order valence-corrected chi connectivity index (χ0v) is 9.15. The van der Waals surface area contributed by atoms with Gasteiger partial charge in [-0.1, -0.05) is 39.3 Å². The Morgan fingerprint density at radius 1 is 1.50 bits per heavy atom. The second kappa shape index (κ2) is 3.24. The second-order valence-electron chi connectivity index (χ2n) is 4.76. The molecule has 1 aliphatic carbocycles. The zero-order valence-electron chi connectivity index (χ0n) is 9.15. The SMILES string of the molecule is CC=C(C(C)C)C1(C)CCC1C. The Morgan fingerprint density at radius 3 is 2.17 bits per heavy atom. The van der Waals surface area contributed by atoms with E-state index in [2.05, 4.69) is 40.7 Å². The molecule has 0 aliphatic heterocycles. The first-order chi connectivity index (χ1) is 5.52. The molecule has 0 nitrogen and oxygen atoms in total. The van der Waals surface area contributed by atoms with Crippen LogP contribution in [0.4, 0.5) is 0 Å². The average molecular weight is 166 g/mol. The monoisotopic (exact) mass is 166 g/mol. The summed E-state index contributed by atoms with van der Waals surface area (Å²) in [6, 6.07) is 0. The van der Waals surface area contributed by atoms with Crippen molar-refractivity contribution >= 4 is 0 Å². The maximum absolute atomic E-state index is 2.43. The largest absolute Gasteiger partial charge is 0.0876 e. The molecule has 0 radical (unpaired) electrons. The predicted molar refractivity (Wildman–Crippen MR) is 55.1 cm³/mol. The minimum atomic E-state index is 0.531. The third-order valence-corrected chi connectivity index (χ3v) is 3.78. The standard InChI is InChI=1S/C12H22/c1-6-11(9(2)3)12(5)8-7-10(12)4/h6,9-10H,7-8H2,1-5H3. The van der Waals surface area contributed by atoms with Crippen LogP contribution in [0.25, 0.3) is 0 Å². The van der Waals surface area contributed by atoms with Gasteiger partial charge in [0.05, 0.1) is 0 Å². The first-order valence-electron chi connectivity index (χ1n) is 5.19. The van der Waals surface area contributed by atoms with E-state index in [1.54, 1.807) is 5.57 Å². The van der Waals surface area contributed by atoms with Gasteiger partial charge in [0, 0.05) is 0 Å². The fourth-order valence-corrected chi connectivity index (χ4v) is 2.62. The molecule has 1 fully saturated rings. The molecule has 1 rings (SSSR count). The molecular weight excluding hydrogens is 144 g/mol. The molecule has 1 saturated carbocycles. The summed E-state index contributed by atoms with van der Waals surface area (Å²) in [4.78, 5) is 0. The van der Waals surface area contributed by atoms with Gasteiger partial charge in [-0.3, -0.25) is 0 Å². The highest BCUT2D eigenvalue weighted by molar-refractivity contribution is 5.19. The van der Waals surface area contributed by atoms with Crippen molar-refractivity contribution in [3.05, 3.63) is 11.6 Å². The van der Waals surface area contributed by atoms with Crippen molar-refractivity contribution in [1.82, 2.24) is 0 Å². The maximum atomic E-state index is 2.43. The fraction of sp³-hybridized carbons (Fsp3) is 0.833. The van der Waals surface area contributed by atoms with Gasteiger partial charge in [0.25, 0.3) is 0 Å². The van der Waals surface area contributed by atoms with E-state index in [4.69, 9.17) is 0 Å². The molecule has 0 N–H and O–H groups in total. The Balaban J connectivity index is 2.79. The molecular formula is C12H22. The van der Waals surface area contributed by atoms with Gasteiger partial charge in [-0.25, -0.2) is 0 Å². The maximum Gasteiger partial charge on any atom is -0.00882 e. The summed E-state index contributed by atoms with van der Waals surface area (Å²) in [6.45, 7) is 11.6. The first-order valence-corrected chi connectivity index (χ1v) is 5.19. The van der Waals surface area contributed by atoms with Crippen LogP contribution in [-0.2, 0) is 0 Å². The molecule has 0 heterocycles. The second-order valence-corrected chi connectivity index (χ2v) is 4.76. The molecule has 2 unspecified atom stereocenters. The van der Waals surface area contributed by atoms with Crippen molar-refractivity contribution in [2.24, 2.45) is 17.3 Å². The molecule has 0 spiro atoms. The number of hydrogen-bond acceptors (Lipinski definition) is 0. The third-order valence-electron chi connectivity index (χ3n) is 3.78. The first kappa shape index (κ1) is 9.83. The van der Waals surface area contributed by atoms with Crippen molar-refractivity contribution in [1.29, 1.82) is 0 Å². The van der Waals surface area contributed by atoms with Crippen LogP contribution in [0.15, 0.2) is 11.6 Å². The van der Waals surface area contributed by atoms with Crippen LogP contribution in [0.1, 0.15) is 47.5 Å². The molecule has 0 bridgehead atoms. The van der Waals surface area contributed by atoms with Gasteiger partial charge in [0.15, 0.2) is 0 Å². The highest BCUT2D eigenvalue weighted by atomic mass is 14.5. The van der Waals surface area contributed by atoms with Crippen molar-refractivity contribution in [3.63, 3.8) is 0 Å². The lowest BCUT2D eigenvalue weighted by Crippen LogP contribution is -2.38. The van der Waals surface area contributed by atoms with E-state index >= 15 is 0 Å². The van der Waals surface area contributed by atoms with Crippen LogP contribution in [0.3, 0.4) is 0 Å². The molecule has 0 aromatic heterocycles. The third kappa shape index (κ3) is 1.32. The quantitative estimate of drug-likeness (QED) is 0.543. The normalized spacial score (nSPS) is 36.8. The van der Waals surface area contributed by atoms with E-state index in [1.165, 1.54) is 12.8 Å². The van der Waals surface area contributed by atoms with E-state index < -0.39 is 0 Å². The Labute approximate surface area is 77.1 Å². The van der Waals surface area contributed by atoms with Gasteiger partial charge in [0.2, 0.25) is 0 Å². The van der Waals surface area contributed by atoms with Gasteiger partial charge < -0.3 is 0 Å². The minimum Gasteiger partial charge on any atom is -0.0876 e. The Kier molecular flexibility index (Phi) is 2.65. The Bertz CT molecular complexity index is 188. The lowest BCUT2D eigenvalue weighted by atomic mass is 9.56. The summed E-state index contributed by atoms with van der Waals surface area (Å²) < 4.78 is 0. The molecule has 0 heteroatoms. The summed E-state index contributed by atoms with van der Waals surface area (Å²) >= 11 is 0. The van der Waals surface area contributed by atoms with Crippen molar-refractivity contribution in [3.8, 4) is 0 Å². The van der Waals surface area contributed by atoms with Crippen molar-refractivity contribution in [2.75, 3.05) is 0 Å². The van der Waals surface area contributed by atoms with Crippen LogP contribution >= 0.6 is 0 Å². The number of rotatable bonds is 2. The van der Waals surface area contributed by atoms with Crippen LogP contribution in [0, 0.1) is 17.3 Å². The Hall–Kier alpha value is -0.260. The molecule has 70 valence electrons. The molecule has 0 aromatic carbocycles. The molecule has 12 heavy (non-hydrogen) atoms. The summed E-state index contributed by atoms with van der Waals surface area (Å²) in [6.07, 6.45) is 5.15. The fourth-order valence-electron chi connectivity index (χ4n) is 2.62. The zero-order chi connectivity index (χ0) is 9.35. The molecule has 2 atom stereocenters. The van der Waals surface area contributed by atoms with E-state index in [0.29, 0.717) is 5.41 Å². The topological polar surface area (TPSA) is 0 Å². The van der Waals surface area contributed by atoms with Crippen LogP contribution in [0.2, 0.25) is 0 Å². The summed E-state index contributed by atoms with van der Waals surface area (Å²) in [5.41, 5.74) is 2.20. The van der Waals surface area contributed by atoms with E-state index in [-0.39, 0.29) is 0 Å². The minimum absolute atomic E-state index is 0.531. The van der Waals surface area contributed by atoms with E-state index in [9.17, 15) is 0 Å².